The SMILES string of the molecule is Fc1c(F)c(F)c([B-](Cc2ccccc2)(c2c(F)c(F)c(F)c(F)c2F)c2c(F)c(F)c(F)c(F)c2F)c(F)c1F.c1ccc([P+](c2ccccc2)(c2ccccc2)c2ccccc2)cc1. The van der Waals surface area contributed by atoms with E-state index in [-0.39, 0.29) is 0 Å². The highest BCUT2D eigenvalue weighted by atomic mass is 31.2. The Morgan fingerprint density at radius 2 is 0.424 bits per heavy atom. The number of hydrogen-bond acceptors (Lipinski definition) is 0. The monoisotopic (exact) mass is 942 g/mol. The van der Waals surface area contributed by atoms with Crippen molar-refractivity contribution in [1.82, 2.24) is 0 Å². The summed E-state index contributed by atoms with van der Waals surface area (Å²) in [5, 5.41) is 5.55. The van der Waals surface area contributed by atoms with Crippen molar-refractivity contribution < 1.29 is 65.9 Å². The number of rotatable bonds is 9. The Labute approximate surface area is 366 Å². The van der Waals surface area contributed by atoms with Crippen molar-refractivity contribution in [3.63, 3.8) is 0 Å². The van der Waals surface area contributed by atoms with Gasteiger partial charge in [0.05, 0.1) is 0 Å². The van der Waals surface area contributed by atoms with Gasteiger partial charge in [-0.05, 0) is 48.5 Å². The van der Waals surface area contributed by atoms with E-state index in [1.807, 2.05) is 0 Å². The first-order valence-corrected chi connectivity index (χ1v) is 21.2. The second-order valence-corrected chi connectivity index (χ2v) is 18.1. The molecule has 0 atom stereocenters. The molecule has 8 aromatic rings. The molecule has 0 amide bonds. The first-order chi connectivity index (χ1) is 31.5. The maximum absolute atomic E-state index is 15.3. The summed E-state index contributed by atoms with van der Waals surface area (Å²) in [6, 6.07) is 48.8. The van der Waals surface area contributed by atoms with E-state index in [1.165, 1.54) is 27.3 Å². The first-order valence-electron chi connectivity index (χ1n) is 19.4. The van der Waals surface area contributed by atoms with Crippen LogP contribution in [0.1, 0.15) is 5.56 Å². The molecule has 0 unspecified atom stereocenters. The summed E-state index contributed by atoms with van der Waals surface area (Å²) < 4.78 is 220. The van der Waals surface area contributed by atoms with E-state index < -0.39 is 129 Å². The zero-order valence-electron chi connectivity index (χ0n) is 33.3. The molecule has 8 aromatic carbocycles. The molecule has 336 valence electrons. The minimum absolute atomic E-state index is 0.607. The Hall–Kier alpha value is -6.80. The van der Waals surface area contributed by atoms with Crippen molar-refractivity contribution in [3.8, 4) is 0 Å². The van der Waals surface area contributed by atoms with Gasteiger partial charge in [-0.15, -0.1) is 22.7 Å². The third-order valence-corrected chi connectivity index (χ3v) is 15.5. The molecule has 0 nitrogen and oxygen atoms in total. The van der Waals surface area contributed by atoms with Crippen LogP contribution in [-0.2, 0) is 6.32 Å². The third kappa shape index (κ3) is 7.80. The molecular weight excluding hydrogens is 915 g/mol. The van der Waals surface area contributed by atoms with Gasteiger partial charge in [0.2, 0.25) is 0 Å². The molecule has 0 aromatic heterocycles. The van der Waals surface area contributed by atoms with E-state index >= 15 is 26.3 Å². The lowest BCUT2D eigenvalue weighted by molar-refractivity contribution is 0.379. The predicted octanol–water partition coefficient (Wildman–Crippen LogP) is 10.3. The maximum atomic E-state index is 15.3. The summed E-state index contributed by atoms with van der Waals surface area (Å²) in [7, 11) is -1.91. The summed E-state index contributed by atoms with van der Waals surface area (Å²) in [5.74, 6) is -45.2. The van der Waals surface area contributed by atoms with Gasteiger partial charge in [0.25, 0.3) is 0 Å². The van der Waals surface area contributed by atoms with Gasteiger partial charge in [-0.2, -0.15) is 0 Å². The van der Waals surface area contributed by atoms with Crippen LogP contribution in [0.4, 0.5) is 65.9 Å². The number of benzene rings is 8. The zero-order valence-corrected chi connectivity index (χ0v) is 34.2. The fraction of sp³-hybridized carbons (Fsp3) is 0.0204. The molecule has 8 rings (SSSR count). The van der Waals surface area contributed by atoms with Crippen molar-refractivity contribution in [1.29, 1.82) is 0 Å². The van der Waals surface area contributed by atoms with Crippen molar-refractivity contribution in [3.05, 3.63) is 244 Å². The van der Waals surface area contributed by atoms with Gasteiger partial charge < -0.3 is 0 Å². The van der Waals surface area contributed by atoms with Gasteiger partial charge in [-0.3, -0.25) is 0 Å². The largest absolute Gasteiger partial charge is 0.207 e. The van der Waals surface area contributed by atoms with E-state index in [4.69, 9.17) is 0 Å². The molecule has 0 saturated carbocycles. The lowest BCUT2D eigenvalue weighted by Gasteiger charge is -2.44. The second-order valence-electron chi connectivity index (χ2n) is 14.7. The molecule has 0 N–H and O–H groups in total. The van der Waals surface area contributed by atoms with Gasteiger partial charge in [0.15, 0.2) is 52.4 Å². The van der Waals surface area contributed by atoms with Crippen LogP contribution in [0.5, 0.6) is 0 Å². The number of hydrogen-bond donors (Lipinski definition) is 0. The summed E-state index contributed by atoms with van der Waals surface area (Å²) >= 11 is 0. The molecular formula is C49H27BF15P. The Morgan fingerprint density at radius 3 is 0.636 bits per heavy atom. The molecule has 66 heavy (non-hydrogen) atoms. The first kappa shape index (κ1) is 47.2. The lowest BCUT2D eigenvalue weighted by Crippen LogP contribution is -2.74. The fourth-order valence-electron chi connectivity index (χ4n) is 8.37. The van der Waals surface area contributed by atoms with Crippen LogP contribution in [0.3, 0.4) is 0 Å². The van der Waals surface area contributed by atoms with Crippen LogP contribution in [-0.4, -0.2) is 6.15 Å². The molecule has 0 saturated heterocycles. The molecule has 0 aliphatic heterocycles. The smallest absolute Gasteiger partial charge is 0.200 e. The fourth-order valence-corrected chi connectivity index (χ4v) is 12.6. The standard InChI is InChI=1S/C25H7BF15.C24H20P/c27-11-8(12(28)18(34)23(39)17(11)33)26(6-7-4-2-1-3-5-7,9-13(29)19(35)24(40)20(36)14(9)30)10-15(31)21(37)25(41)22(38)16(10)32;1-5-13-21(14-6-1)25(22-15-7-2-8-16-22,23-17-9-3-10-18-23)24-19-11-4-12-20-24/h1-5H,6H2;1-20H/q-1;+1. The van der Waals surface area contributed by atoms with E-state index in [9.17, 15) is 39.5 Å². The Balaban J connectivity index is 0.000000220. The lowest BCUT2D eigenvalue weighted by atomic mass is 9.13. The average Bonchev–Trinajstić information content (AvgIpc) is 3.35. The highest BCUT2D eigenvalue weighted by Gasteiger charge is 2.49. The second kappa shape index (κ2) is 19.0. The van der Waals surface area contributed by atoms with E-state index in [2.05, 4.69) is 121 Å². The minimum atomic E-state index is -5.59. The third-order valence-electron chi connectivity index (χ3n) is 11.2. The molecule has 17 heteroatoms. The molecule has 0 bridgehead atoms. The van der Waals surface area contributed by atoms with E-state index in [1.54, 1.807) is 0 Å². The summed E-state index contributed by atoms with van der Waals surface area (Å²) in [6.45, 7) is 0. The summed E-state index contributed by atoms with van der Waals surface area (Å²) in [6.07, 6.45) is -7.42. The van der Waals surface area contributed by atoms with Crippen molar-refractivity contribution in [2.24, 2.45) is 0 Å². The van der Waals surface area contributed by atoms with Gasteiger partial charge in [0, 0.05) is 0 Å². The van der Waals surface area contributed by atoms with Crippen LogP contribution in [0, 0.1) is 87.3 Å². The Kier molecular flexibility index (Phi) is 13.6. The van der Waals surface area contributed by atoms with Crippen molar-refractivity contribution in [2.75, 3.05) is 0 Å². The van der Waals surface area contributed by atoms with Crippen LogP contribution in [0.25, 0.3) is 0 Å². The topological polar surface area (TPSA) is 0 Å². The van der Waals surface area contributed by atoms with Crippen LogP contribution < -0.4 is 37.6 Å². The highest BCUT2D eigenvalue weighted by Crippen LogP contribution is 2.54. The molecule has 0 aliphatic carbocycles. The minimum Gasteiger partial charge on any atom is -0.207 e. The van der Waals surface area contributed by atoms with Gasteiger partial charge in [-0.25, -0.2) is 65.9 Å². The van der Waals surface area contributed by atoms with Gasteiger partial charge in [-0.1, -0.05) is 109 Å². The molecule has 0 fully saturated rings. The molecule has 0 aliphatic rings. The number of halogens is 15. The Bertz CT molecular complexity index is 2630. The molecule has 0 heterocycles. The maximum Gasteiger partial charge on any atom is 0.200 e. The van der Waals surface area contributed by atoms with Gasteiger partial charge in [0.1, 0.15) is 69.5 Å². The van der Waals surface area contributed by atoms with Crippen molar-refractivity contribution in [2.45, 2.75) is 6.32 Å². The van der Waals surface area contributed by atoms with E-state index in [0.717, 1.165) is 24.3 Å². The van der Waals surface area contributed by atoms with Gasteiger partial charge >= 0.3 is 0 Å². The normalized spacial score (nSPS) is 11.6. The summed E-state index contributed by atoms with van der Waals surface area (Å²) in [4.78, 5) is 0. The highest BCUT2D eigenvalue weighted by molar-refractivity contribution is 8.01. The average molecular weight is 943 g/mol. The van der Waals surface area contributed by atoms with Crippen LogP contribution >= 0.6 is 7.26 Å². The summed E-state index contributed by atoms with van der Waals surface area (Å²) in [5.41, 5.74) is -8.49. The predicted molar refractivity (Wildman–Crippen MR) is 225 cm³/mol. The zero-order chi connectivity index (χ0) is 47.7. The molecule has 0 radical (unpaired) electrons. The van der Waals surface area contributed by atoms with E-state index in [0.29, 0.717) is 0 Å². The quantitative estimate of drug-likeness (QED) is 0.0445. The Morgan fingerprint density at radius 1 is 0.242 bits per heavy atom. The molecule has 0 spiro atoms. The van der Waals surface area contributed by atoms with Crippen LogP contribution in [0.15, 0.2) is 152 Å². The van der Waals surface area contributed by atoms with Crippen LogP contribution in [0.2, 0.25) is 0 Å². The van der Waals surface area contributed by atoms with Crippen molar-refractivity contribution >= 4 is 51.0 Å².